The monoisotopic (exact) mass is 236 g/mol. The molecular formula is C14H24N2O. The van der Waals surface area contributed by atoms with E-state index >= 15 is 0 Å². The topological polar surface area (TPSA) is 46.3 Å². The van der Waals surface area contributed by atoms with Gasteiger partial charge in [0.25, 0.3) is 0 Å². The first kappa shape index (κ1) is 12.8. The molecule has 96 valence electrons. The van der Waals surface area contributed by atoms with Gasteiger partial charge >= 0.3 is 0 Å². The maximum atomic E-state index is 10.9. The van der Waals surface area contributed by atoms with Crippen molar-refractivity contribution in [2.24, 2.45) is 11.8 Å². The molecule has 0 aromatic rings. The van der Waals surface area contributed by atoms with Gasteiger partial charge in [-0.15, -0.1) is 0 Å². The number of hydrogen-bond acceptors (Lipinski definition) is 3. The van der Waals surface area contributed by atoms with E-state index < -0.39 is 0 Å². The lowest BCUT2D eigenvalue weighted by Crippen LogP contribution is -2.46. The Morgan fingerprint density at radius 1 is 1.12 bits per heavy atom. The molecule has 2 fully saturated rings. The Balaban J connectivity index is 1.88. The van der Waals surface area contributed by atoms with E-state index in [9.17, 15) is 4.79 Å². The summed E-state index contributed by atoms with van der Waals surface area (Å²) in [7, 11) is 0. The molecule has 0 amide bonds. The molecule has 0 saturated heterocycles. The largest absolute Gasteiger partial charge is 0.268 e. The van der Waals surface area contributed by atoms with Gasteiger partial charge in [0.05, 0.1) is 6.04 Å². The van der Waals surface area contributed by atoms with Crippen LogP contribution in [-0.4, -0.2) is 23.5 Å². The summed E-state index contributed by atoms with van der Waals surface area (Å²) < 4.78 is 0. The van der Waals surface area contributed by atoms with Crippen LogP contribution in [0, 0.1) is 5.92 Å². The molecule has 0 radical (unpaired) electrons. The maximum absolute atomic E-state index is 10.9. The molecule has 3 nitrogen and oxygen atoms in total. The molecule has 1 atom stereocenters. The summed E-state index contributed by atoms with van der Waals surface area (Å²) in [6, 6.07) is 0.170. The number of rotatable bonds is 3. The lowest BCUT2D eigenvalue weighted by Gasteiger charge is -2.34. The van der Waals surface area contributed by atoms with E-state index in [0.29, 0.717) is 0 Å². The summed E-state index contributed by atoms with van der Waals surface area (Å²) in [4.78, 5) is 10.9. The Hall–Kier alpha value is -0.630. The van der Waals surface area contributed by atoms with Crippen LogP contribution in [0.3, 0.4) is 0 Å². The van der Waals surface area contributed by atoms with E-state index in [0.717, 1.165) is 37.3 Å². The summed E-state index contributed by atoms with van der Waals surface area (Å²) in [5.74, 6) is 9.04. The molecule has 2 saturated carbocycles. The Bertz CT molecular complexity index is 291. The molecule has 0 bridgehead atoms. The summed E-state index contributed by atoms with van der Waals surface area (Å²) in [6.45, 7) is 0.954. The van der Waals surface area contributed by atoms with Gasteiger partial charge in [-0.25, -0.2) is 9.80 Å². The van der Waals surface area contributed by atoms with E-state index in [1.165, 1.54) is 38.5 Å². The minimum Gasteiger partial charge on any atom is -0.268 e. The third-order valence-electron chi connectivity index (χ3n) is 4.30. The van der Waals surface area contributed by atoms with Gasteiger partial charge < -0.3 is 0 Å². The number of hydrazine groups is 1. The standard InChI is InChI=1S/C14H24N2O/c15-16(10-12-6-2-1-3-7-12)14-9-5-4-8-13(14)11-17/h12,14H,1-10,15H2. The van der Waals surface area contributed by atoms with Crippen LogP contribution in [-0.2, 0) is 4.79 Å². The van der Waals surface area contributed by atoms with Crippen LogP contribution in [0.25, 0.3) is 0 Å². The van der Waals surface area contributed by atoms with Gasteiger partial charge in [-0.3, -0.25) is 5.84 Å². The lowest BCUT2D eigenvalue weighted by molar-refractivity contribution is 0.152. The van der Waals surface area contributed by atoms with E-state index in [-0.39, 0.29) is 6.04 Å². The van der Waals surface area contributed by atoms with Crippen LogP contribution >= 0.6 is 0 Å². The van der Waals surface area contributed by atoms with E-state index in [1.54, 1.807) is 0 Å². The molecule has 0 aromatic carbocycles. The van der Waals surface area contributed by atoms with Crippen molar-refractivity contribution >= 4 is 5.94 Å². The average molecular weight is 236 g/mol. The van der Waals surface area contributed by atoms with Crippen LogP contribution < -0.4 is 5.84 Å². The fraction of sp³-hybridized carbons (Fsp3) is 0.857. The lowest BCUT2D eigenvalue weighted by atomic mass is 9.87. The predicted octanol–water partition coefficient (Wildman–Crippen LogP) is 2.44. The van der Waals surface area contributed by atoms with Gasteiger partial charge in [-0.2, -0.15) is 0 Å². The molecule has 0 spiro atoms. The van der Waals surface area contributed by atoms with Gasteiger partial charge in [-0.05, 0) is 38.0 Å². The van der Waals surface area contributed by atoms with E-state index in [2.05, 4.69) is 5.94 Å². The third kappa shape index (κ3) is 3.41. The summed E-state index contributed by atoms with van der Waals surface area (Å²) >= 11 is 0. The molecular weight excluding hydrogens is 212 g/mol. The number of nitrogens with two attached hydrogens (primary N) is 1. The van der Waals surface area contributed by atoms with Crippen LogP contribution in [0.5, 0.6) is 0 Å². The molecule has 1 unspecified atom stereocenters. The average Bonchev–Trinajstić information content (AvgIpc) is 2.40. The Morgan fingerprint density at radius 3 is 2.53 bits per heavy atom. The van der Waals surface area contributed by atoms with Gasteiger partial charge in [0.2, 0.25) is 0 Å². The van der Waals surface area contributed by atoms with Crippen molar-refractivity contribution in [3.63, 3.8) is 0 Å². The molecule has 3 heteroatoms. The quantitative estimate of drug-likeness (QED) is 0.465. The van der Waals surface area contributed by atoms with Gasteiger partial charge in [0.1, 0.15) is 5.94 Å². The van der Waals surface area contributed by atoms with Gasteiger partial charge in [0, 0.05) is 12.1 Å². The molecule has 0 aliphatic heterocycles. The second-order valence-corrected chi connectivity index (χ2v) is 5.59. The van der Waals surface area contributed by atoms with Crippen molar-refractivity contribution in [2.75, 3.05) is 6.54 Å². The van der Waals surface area contributed by atoms with Crippen LogP contribution in [0.1, 0.15) is 57.8 Å². The molecule has 17 heavy (non-hydrogen) atoms. The van der Waals surface area contributed by atoms with Crippen molar-refractivity contribution in [2.45, 2.75) is 63.8 Å². The highest BCUT2D eigenvalue weighted by Gasteiger charge is 2.26. The highest BCUT2D eigenvalue weighted by Crippen LogP contribution is 2.28. The fourth-order valence-corrected chi connectivity index (χ4v) is 3.27. The summed E-state index contributed by atoms with van der Waals surface area (Å²) in [6.07, 6.45) is 10.9. The summed E-state index contributed by atoms with van der Waals surface area (Å²) in [5, 5.41) is 1.93. The summed E-state index contributed by atoms with van der Waals surface area (Å²) in [5.41, 5.74) is 0.898. The molecule has 2 aliphatic rings. The van der Waals surface area contributed by atoms with Gasteiger partial charge in [0.15, 0.2) is 0 Å². The zero-order valence-corrected chi connectivity index (χ0v) is 10.7. The molecule has 2 N–H and O–H groups in total. The Morgan fingerprint density at radius 2 is 1.82 bits per heavy atom. The number of hydrogen-bond donors (Lipinski definition) is 1. The van der Waals surface area contributed by atoms with Crippen LogP contribution in [0.2, 0.25) is 0 Å². The Kier molecular flexibility index (Phi) is 4.78. The van der Waals surface area contributed by atoms with Gasteiger partial charge in [-0.1, -0.05) is 25.7 Å². The highest BCUT2D eigenvalue weighted by molar-refractivity contribution is 5.54. The zero-order chi connectivity index (χ0) is 12.1. The molecule has 0 aromatic heterocycles. The fourth-order valence-electron chi connectivity index (χ4n) is 3.27. The van der Waals surface area contributed by atoms with Crippen LogP contribution in [0.4, 0.5) is 0 Å². The molecule has 0 heterocycles. The minimum absolute atomic E-state index is 0.170. The van der Waals surface area contributed by atoms with Crippen molar-refractivity contribution < 1.29 is 4.79 Å². The van der Waals surface area contributed by atoms with E-state index in [1.807, 2.05) is 5.01 Å². The van der Waals surface area contributed by atoms with E-state index in [4.69, 9.17) is 5.84 Å². The van der Waals surface area contributed by atoms with Crippen LogP contribution in [0.15, 0.2) is 5.57 Å². The minimum atomic E-state index is 0.170. The Labute approximate surface area is 104 Å². The third-order valence-corrected chi connectivity index (χ3v) is 4.30. The van der Waals surface area contributed by atoms with Crippen molar-refractivity contribution in [1.29, 1.82) is 0 Å². The first-order valence-corrected chi connectivity index (χ1v) is 7.06. The predicted molar refractivity (Wildman–Crippen MR) is 68.9 cm³/mol. The first-order valence-electron chi connectivity index (χ1n) is 7.06. The second-order valence-electron chi connectivity index (χ2n) is 5.59. The maximum Gasteiger partial charge on any atom is 0.125 e. The van der Waals surface area contributed by atoms with Crippen molar-refractivity contribution in [3.8, 4) is 0 Å². The SMILES string of the molecule is NN(CC1CCCCC1)C1CCCCC1=C=O. The zero-order valence-electron chi connectivity index (χ0n) is 10.7. The second kappa shape index (κ2) is 6.34. The first-order chi connectivity index (χ1) is 8.31. The van der Waals surface area contributed by atoms with Crippen molar-refractivity contribution in [1.82, 2.24) is 5.01 Å². The highest BCUT2D eigenvalue weighted by atomic mass is 16.1. The normalized spacial score (nSPS) is 27.2. The molecule has 2 rings (SSSR count). The smallest absolute Gasteiger partial charge is 0.125 e. The van der Waals surface area contributed by atoms with Crippen molar-refractivity contribution in [3.05, 3.63) is 5.57 Å². The molecule has 2 aliphatic carbocycles. The number of carbonyl (C=O) groups excluding carboxylic acids is 1. The number of nitrogens with zero attached hydrogens (tertiary/aromatic N) is 1.